The number of fused-ring (bicyclic) bond motifs is 1. The van der Waals surface area contributed by atoms with Gasteiger partial charge in [-0.1, -0.05) is 6.92 Å². The minimum atomic E-state index is 0.359. The lowest BCUT2D eigenvalue weighted by atomic mass is 10.0. The summed E-state index contributed by atoms with van der Waals surface area (Å²) in [6.45, 7) is 2.02. The highest BCUT2D eigenvalue weighted by atomic mass is 16.4. The van der Waals surface area contributed by atoms with Crippen LogP contribution in [-0.2, 0) is 25.7 Å². The Balaban J connectivity index is 1.40. The van der Waals surface area contributed by atoms with Gasteiger partial charge in [-0.3, -0.25) is 0 Å². The molecule has 2 aromatic rings. The Hall–Kier alpha value is -2.42. The predicted molar refractivity (Wildman–Crippen MR) is 93.1 cm³/mol. The predicted octanol–water partition coefficient (Wildman–Crippen LogP) is 3.21. The van der Waals surface area contributed by atoms with Crippen LogP contribution in [-0.4, -0.2) is 21.2 Å². The average molecular weight is 337 g/mol. The molecule has 25 heavy (non-hydrogen) atoms. The fourth-order valence-electron chi connectivity index (χ4n) is 4.01. The van der Waals surface area contributed by atoms with Crippen molar-refractivity contribution in [3.05, 3.63) is 34.7 Å². The highest BCUT2D eigenvalue weighted by Crippen LogP contribution is 2.32. The van der Waals surface area contributed by atoms with Crippen LogP contribution in [0, 0.1) is 17.2 Å². The molecule has 0 aromatic carbocycles. The van der Waals surface area contributed by atoms with E-state index in [1.807, 2.05) is 13.0 Å². The van der Waals surface area contributed by atoms with Crippen LogP contribution in [0.4, 0.5) is 5.82 Å². The number of hydrogen-bond acceptors (Lipinski definition) is 6. The van der Waals surface area contributed by atoms with E-state index in [0.717, 1.165) is 68.8 Å². The molecule has 1 N–H and O–H groups in total. The van der Waals surface area contributed by atoms with Crippen molar-refractivity contribution in [2.75, 3.05) is 5.32 Å². The van der Waals surface area contributed by atoms with Gasteiger partial charge in [-0.2, -0.15) is 5.26 Å². The average Bonchev–Trinajstić information content (AvgIpc) is 3.35. The number of nitriles is 1. The molecule has 0 aliphatic heterocycles. The van der Waals surface area contributed by atoms with Crippen LogP contribution in [0.5, 0.6) is 0 Å². The summed E-state index contributed by atoms with van der Waals surface area (Å²) in [4.78, 5) is 4.74. The molecule has 130 valence electrons. The van der Waals surface area contributed by atoms with E-state index in [1.165, 1.54) is 5.56 Å². The van der Waals surface area contributed by atoms with Gasteiger partial charge >= 0.3 is 0 Å². The molecule has 0 unspecified atom stereocenters. The Morgan fingerprint density at radius 1 is 1.28 bits per heavy atom. The summed E-state index contributed by atoms with van der Waals surface area (Å²) in [6, 6.07) is 4.68. The summed E-state index contributed by atoms with van der Waals surface area (Å²) in [5, 5.41) is 21.1. The van der Waals surface area contributed by atoms with Crippen LogP contribution in [0.15, 0.2) is 10.5 Å². The second-order valence-electron chi connectivity index (χ2n) is 7.12. The van der Waals surface area contributed by atoms with Gasteiger partial charge in [0.05, 0.1) is 5.56 Å². The van der Waals surface area contributed by atoms with Crippen molar-refractivity contribution < 1.29 is 4.42 Å². The molecule has 0 radical (unpaired) electrons. The number of anilines is 1. The monoisotopic (exact) mass is 337 g/mol. The first-order valence-electron chi connectivity index (χ1n) is 9.25. The van der Waals surface area contributed by atoms with E-state index in [0.29, 0.717) is 23.4 Å². The standard InChI is InChI=1S/C19H23N5O/c1-2-17-23-24-18(25-17)9-12-6-7-15(8-12)21-19-14(11-20)10-13-4-3-5-16(13)22-19/h10,12,15H,2-9H2,1H3,(H,21,22)/t12-,15+/m1/s1. The van der Waals surface area contributed by atoms with Gasteiger partial charge in [-0.25, -0.2) is 4.98 Å². The van der Waals surface area contributed by atoms with Crippen molar-refractivity contribution in [3.63, 3.8) is 0 Å². The summed E-state index contributed by atoms with van der Waals surface area (Å²) in [7, 11) is 0. The van der Waals surface area contributed by atoms with E-state index in [-0.39, 0.29) is 0 Å². The number of nitrogens with one attached hydrogen (secondary N) is 1. The quantitative estimate of drug-likeness (QED) is 0.901. The van der Waals surface area contributed by atoms with Crippen LogP contribution >= 0.6 is 0 Å². The molecule has 1 fully saturated rings. The summed E-state index contributed by atoms with van der Waals surface area (Å²) >= 11 is 0. The van der Waals surface area contributed by atoms with Crippen molar-refractivity contribution in [3.8, 4) is 6.07 Å². The summed E-state index contributed by atoms with van der Waals surface area (Å²) in [6.07, 6.45) is 8.11. The maximum Gasteiger partial charge on any atom is 0.216 e. The molecule has 0 bridgehead atoms. The molecule has 0 amide bonds. The fourth-order valence-corrected chi connectivity index (χ4v) is 4.01. The maximum atomic E-state index is 9.44. The number of nitrogens with zero attached hydrogens (tertiary/aromatic N) is 4. The van der Waals surface area contributed by atoms with Crippen LogP contribution in [0.25, 0.3) is 0 Å². The largest absolute Gasteiger partial charge is 0.425 e. The van der Waals surface area contributed by atoms with Crippen LogP contribution in [0.3, 0.4) is 0 Å². The zero-order valence-corrected chi connectivity index (χ0v) is 14.6. The van der Waals surface area contributed by atoms with Crippen molar-refractivity contribution in [1.29, 1.82) is 5.26 Å². The van der Waals surface area contributed by atoms with E-state index in [2.05, 4.69) is 21.6 Å². The van der Waals surface area contributed by atoms with Crippen molar-refractivity contribution in [2.45, 2.75) is 64.3 Å². The highest BCUT2D eigenvalue weighted by molar-refractivity contribution is 5.55. The maximum absolute atomic E-state index is 9.44. The molecular formula is C19H23N5O. The number of pyridine rings is 1. The molecule has 2 aliphatic carbocycles. The number of rotatable bonds is 5. The van der Waals surface area contributed by atoms with E-state index in [9.17, 15) is 5.26 Å². The lowest BCUT2D eigenvalue weighted by molar-refractivity contribution is 0.409. The Labute approximate surface area is 147 Å². The minimum Gasteiger partial charge on any atom is -0.425 e. The van der Waals surface area contributed by atoms with E-state index in [4.69, 9.17) is 9.40 Å². The molecule has 4 rings (SSSR count). The van der Waals surface area contributed by atoms with E-state index >= 15 is 0 Å². The molecule has 0 spiro atoms. The first-order valence-corrected chi connectivity index (χ1v) is 9.25. The molecular weight excluding hydrogens is 314 g/mol. The van der Waals surface area contributed by atoms with Gasteiger partial charge in [-0.15, -0.1) is 10.2 Å². The van der Waals surface area contributed by atoms with E-state index < -0.39 is 0 Å². The van der Waals surface area contributed by atoms with Crippen molar-refractivity contribution in [1.82, 2.24) is 15.2 Å². The molecule has 0 saturated heterocycles. The Morgan fingerprint density at radius 2 is 2.16 bits per heavy atom. The highest BCUT2D eigenvalue weighted by Gasteiger charge is 2.27. The van der Waals surface area contributed by atoms with Gasteiger partial charge in [-0.05, 0) is 56.1 Å². The molecule has 2 atom stereocenters. The summed E-state index contributed by atoms with van der Waals surface area (Å²) < 4.78 is 5.64. The van der Waals surface area contributed by atoms with Gasteiger partial charge in [0.15, 0.2) is 0 Å². The number of aryl methyl sites for hydroxylation is 3. The van der Waals surface area contributed by atoms with Gasteiger partial charge in [0, 0.05) is 24.6 Å². The second-order valence-corrected chi connectivity index (χ2v) is 7.12. The van der Waals surface area contributed by atoms with Crippen LogP contribution in [0.2, 0.25) is 0 Å². The molecule has 2 aromatic heterocycles. The molecule has 6 heteroatoms. The fraction of sp³-hybridized carbons (Fsp3) is 0.579. The Morgan fingerprint density at radius 3 is 2.96 bits per heavy atom. The third kappa shape index (κ3) is 3.37. The lowest BCUT2D eigenvalue weighted by Gasteiger charge is -2.16. The van der Waals surface area contributed by atoms with Gasteiger partial charge in [0.1, 0.15) is 11.9 Å². The summed E-state index contributed by atoms with van der Waals surface area (Å²) in [5.41, 5.74) is 3.08. The Kier molecular flexibility index (Phi) is 4.39. The van der Waals surface area contributed by atoms with E-state index in [1.54, 1.807) is 0 Å². The van der Waals surface area contributed by atoms with Gasteiger partial charge < -0.3 is 9.73 Å². The second kappa shape index (κ2) is 6.83. The minimum absolute atomic E-state index is 0.359. The summed E-state index contributed by atoms with van der Waals surface area (Å²) in [5.74, 6) is 2.77. The zero-order chi connectivity index (χ0) is 17.2. The van der Waals surface area contributed by atoms with Crippen molar-refractivity contribution in [2.24, 2.45) is 5.92 Å². The number of hydrogen-bond donors (Lipinski definition) is 1. The van der Waals surface area contributed by atoms with Crippen LogP contribution < -0.4 is 5.32 Å². The molecule has 2 heterocycles. The molecule has 2 aliphatic rings. The normalized spacial score (nSPS) is 21.9. The molecule has 6 nitrogen and oxygen atoms in total. The first kappa shape index (κ1) is 16.1. The smallest absolute Gasteiger partial charge is 0.216 e. The van der Waals surface area contributed by atoms with Gasteiger partial charge in [0.25, 0.3) is 0 Å². The zero-order valence-electron chi connectivity index (χ0n) is 14.6. The van der Waals surface area contributed by atoms with Crippen LogP contribution in [0.1, 0.15) is 61.2 Å². The number of aromatic nitrogens is 3. The molecule has 1 saturated carbocycles. The third-order valence-electron chi connectivity index (χ3n) is 5.33. The van der Waals surface area contributed by atoms with Gasteiger partial charge in [0.2, 0.25) is 11.8 Å². The SMILES string of the molecule is CCc1nnc(C[C@@H]2CC[C@H](Nc3nc4c(cc3C#N)CCC4)C2)o1. The third-order valence-corrected chi connectivity index (χ3v) is 5.33. The Bertz CT molecular complexity index is 807. The topological polar surface area (TPSA) is 87.6 Å². The van der Waals surface area contributed by atoms with Crippen molar-refractivity contribution >= 4 is 5.82 Å². The lowest BCUT2D eigenvalue weighted by Crippen LogP contribution is -2.18. The first-order chi connectivity index (χ1) is 12.2.